The maximum absolute atomic E-state index is 12.5. The molecule has 0 fully saturated rings. The van der Waals surface area contributed by atoms with Gasteiger partial charge in [-0.1, -0.05) is 11.6 Å². The maximum Gasteiger partial charge on any atom is 0.259 e. The monoisotopic (exact) mass is 265 g/mol. The molecule has 3 rings (SSSR count). The Balaban J connectivity index is 2.15. The van der Waals surface area contributed by atoms with Gasteiger partial charge in [-0.3, -0.25) is 14.8 Å². The van der Waals surface area contributed by atoms with Crippen molar-refractivity contribution in [3.63, 3.8) is 0 Å². The third-order valence-corrected chi connectivity index (χ3v) is 3.40. The molecule has 0 aliphatic carbocycles. The first-order valence-electron chi connectivity index (χ1n) is 6.61. The molecule has 0 N–H and O–H groups in total. The number of hydrogen-bond acceptors (Lipinski definition) is 3. The third kappa shape index (κ3) is 1.99. The highest BCUT2D eigenvalue weighted by Crippen LogP contribution is 2.37. The van der Waals surface area contributed by atoms with Crippen LogP contribution in [0.15, 0.2) is 36.8 Å². The zero-order valence-corrected chi connectivity index (χ0v) is 11.5. The molecule has 0 bridgehead atoms. The van der Waals surface area contributed by atoms with Crippen LogP contribution >= 0.6 is 0 Å². The van der Waals surface area contributed by atoms with Crippen LogP contribution in [0.2, 0.25) is 0 Å². The molecule has 4 heteroatoms. The summed E-state index contributed by atoms with van der Waals surface area (Å²) in [5, 5.41) is 0. The fourth-order valence-corrected chi connectivity index (χ4v) is 2.46. The highest BCUT2D eigenvalue weighted by molar-refractivity contribution is 6.35. The number of hydrogen-bond donors (Lipinski definition) is 0. The zero-order chi connectivity index (χ0) is 14.1. The van der Waals surface area contributed by atoms with Crippen LogP contribution in [0.1, 0.15) is 23.7 Å². The number of rotatable bonds is 2. The van der Waals surface area contributed by atoms with Gasteiger partial charge in [0.15, 0.2) is 0 Å². The predicted octanol–water partition coefficient (Wildman–Crippen LogP) is 2.69. The van der Waals surface area contributed by atoms with Gasteiger partial charge in [0.25, 0.3) is 5.91 Å². The lowest BCUT2D eigenvalue weighted by Crippen LogP contribution is -2.25. The van der Waals surface area contributed by atoms with Crippen molar-refractivity contribution in [1.29, 1.82) is 0 Å². The van der Waals surface area contributed by atoms with E-state index < -0.39 is 0 Å². The number of carbonyl (C=O) groups excluding carboxylic acids is 1. The molecular formula is C16H15N3O. The molecule has 1 aliphatic rings. The van der Waals surface area contributed by atoms with Crippen molar-refractivity contribution >= 4 is 23.2 Å². The summed E-state index contributed by atoms with van der Waals surface area (Å²) in [4.78, 5) is 22.6. The average molecular weight is 265 g/mol. The van der Waals surface area contributed by atoms with Gasteiger partial charge in [-0.25, -0.2) is 0 Å². The Labute approximate surface area is 117 Å². The quantitative estimate of drug-likeness (QED) is 0.784. The second kappa shape index (κ2) is 4.89. The van der Waals surface area contributed by atoms with E-state index in [-0.39, 0.29) is 5.91 Å². The Kier molecular flexibility index (Phi) is 3.06. The molecule has 2 aromatic rings. The average Bonchev–Trinajstić information content (AvgIpc) is 2.72. The van der Waals surface area contributed by atoms with Gasteiger partial charge < -0.3 is 4.90 Å². The zero-order valence-electron chi connectivity index (χ0n) is 11.5. The number of fused-ring (bicyclic) bond motifs is 1. The minimum atomic E-state index is 0.0266. The Morgan fingerprint density at radius 1 is 1.30 bits per heavy atom. The van der Waals surface area contributed by atoms with Crippen molar-refractivity contribution in [2.45, 2.75) is 13.8 Å². The minimum absolute atomic E-state index is 0.0266. The fourth-order valence-electron chi connectivity index (χ4n) is 2.46. The topological polar surface area (TPSA) is 46.1 Å². The van der Waals surface area contributed by atoms with Gasteiger partial charge in [0.05, 0.1) is 23.2 Å². The van der Waals surface area contributed by atoms with E-state index in [1.54, 1.807) is 23.5 Å². The smallest absolute Gasteiger partial charge is 0.259 e. The second-order valence-electron chi connectivity index (χ2n) is 4.76. The largest absolute Gasteiger partial charge is 0.308 e. The highest BCUT2D eigenvalue weighted by Gasteiger charge is 2.31. The minimum Gasteiger partial charge on any atom is -0.308 e. The predicted molar refractivity (Wildman–Crippen MR) is 79.1 cm³/mol. The fraction of sp³-hybridized carbons (Fsp3) is 0.188. The third-order valence-electron chi connectivity index (χ3n) is 3.40. The Morgan fingerprint density at radius 3 is 2.85 bits per heavy atom. The number of anilines is 1. The number of likely N-dealkylation sites (N-methyl/N-ethyl adjacent to an activating group) is 1. The molecule has 1 aromatic carbocycles. The molecule has 4 nitrogen and oxygen atoms in total. The first kappa shape index (κ1) is 12.5. The van der Waals surface area contributed by atoms with Crippen LogP contribution in [0.4, 0.5) is 5.69 Å². The highest BCUT2D eigenvalue weighted by atomic mass is 16.2. The van der Waals surface area contributed by atoms with Gasteiger partial charge in [-0.05, 0) is 32.1 Å². The first-order chi connectivity index (χ1) is 9.70. The van der Waals surface area contributed by atoms with Crippen LogP contribution in [-0.4, -0.2) is 22.4 Å². The molecule has 0 saturated carbocycles. The molecule has 0 atom stereocenters. The Hall–Kier alpha value is -2.49. The standard InChI is InChI=1S/C16H15N3O/c1-3-19-15-5-4-11(2)8-13(15)14(16(19)20)9-12-10-17-6-7-18-12/h4-10H,3H2,1-2H3/b14-9-. The summed E-state index contributed by atoms with van der Waals surface area (Å²) in [6, 6.07) is 6.08. The van der Waals surface area contributed by atoms with Gasteiger partial charge in [0, 0.05) is 24.5 Å². The van der Waals surface area contributed by atoms with Crippen LogP contribution in [0.5, 0.6) is 0 Å². The molecule has 1 aromatic heterocycles. The van der Waals surface area contributed by atoms with Crippen molar-refractivity contribution < 1.29 is 4.79 Å². The van der Waals surface area contributed by atoms with Crippen LogP contribution in [0.3, 0.4) is 0 Å². The van der Waals surface area contributed by atoms with Crippen LogP contribution in [0, 0.1) is 6.92 Å². The molecular weight excluding hydrogens is 250 g/mol. The molecule has 1 aliphatic heterocycles. The summed E-state index contributed by atoms with van der Waals surface area (Å²) in [5.74, 6) is 0.0266. The SMILES string of the molecule is CCN1C(=O)/C(=C\c2cnccn2)c2cc(C)ccc21. The maximum atomic E-state index is 12.5. The van der Waals surface area contributed by atoms with Crippen molar-refractivity contribution in [3.8, 4) is 0 Å². The van der Waals surface area contributed by atoms with Gasteiger partial charge in [0.1, 0.15) is 0 Å². The lowest BCUT2D eigenvalue weighted by Gasteiger charge is -2.13. The molecule has 0 radical (unpaired) electrons. The molecule has 0 saturated heterocycles. The molecule has 1 amide bonds. The lowest BCUT2D eigenvalue weighted by atomic mass is 10.0. The van der Waals surface area contributed by atoms with E-state index in [4.69, 9.17) is 0 Å². The summed E-state index contributed by atoms with van der Waals surface area (Å²) < 4.78 is 0. The van der Waals surface area contributed by atoms with E-state index >= 15 is 0 Å². The lowest BCUT2D eigenvalue weighted by molar-refractivity contribution is -0.112. The molecule has 100 valence electrons. The van der Waals surface area contributed by atoms with Gasteiger partial charge in [-0.2, -0.15) is 0 Å². The summed E-state index contributed by atoms with van der Waals surface area (Å²) in [5.41, 5.74) is 4.47. The van der Waals surface area contributed by atoms with Crippen LogP contribution in [-0.2, 0) is 4.79 Å². The number of amides is 1. The Morgan fingerprint density at radius 2 is 2.15 bits per heavy atom. The number of nitrogens with zero attached hydrogens (tertiary/aromatic N) is 3. The molecule has 0 spiro atoms. The van der Waals surface area contributed by atoms with Crippen molar-refractivity contribution in [3.05, 3.63) is 53.6 Å². The summed E-state index contributed by atoms with van der Waals surface area (Å²) >= 11 is 0. The van der Waals surface area contributed by atoms with Crippen LogP contribution < -0.4 is 4.90 Å². The van der Waals surface area contributed by atoms with Gasteiger partial charge >= 0.3 is 0 Å². The summed E-state index contributed by atoms with van der Waals surface area (Å²) in [7, 11) is 0. The van der Waals surface area contributed by atoms with Crippen molar-refractivity contribution in [2.75, 3.05) is 11.4 Å². The van der Waals surface area contributed by atoms with E-state index in [2.05, 4.69) is 9.97 Å². The summed E-state index contributed by atoms with van der Waals surface area (Å²) in [6.07, 6.45) is 6.71. The van der Waals surface area contributed by atoms with Crippen molar-refractivity contribution in [1.82, 2.24) is 9.97 Å². The number of aromatic nitrogens is 2. The second-order valence-corrected chi connectivity index (χ2v) is 4.76. The molecule has 2 heterocycles. The van der Waals surface area contributed by atoms with E-state index in [1.807, 2.05) is 38.1 Å². The normalized spacial score (nSPS) is 15.8. The van der Waals surface area contributed by atoms with Crippen LogP contribution in [0.25, 0.3) is 11.6 Å². The first-order valence-corrected chi connectivity index (χ1v) is 6.61. The Bertz CT molecular complexity index is 692. The number of benzene rings is 1. The van der Waals surface area contributed by atoms with E-state index in [0.29, 0.717) is 17.8 Å². The number of carbonyl (C=O) groups is 1. The number of aryl methyl sites for hydroxylation is 1. The van der Waals surface area contributed by atoms with Gasteiger partial charge in [0.2, 0.25) is 0 Å². The summed E-state index contributed by atoms with van der Waals surface area (Å²) in [6.45, 7) is 4.67. The molecule has 0 unspecified atom stereocenters. The van der Waals surface area contributed by atoms with E-state index in [9.17, 15) is 4.79 Å². The van der Waals surface area contributed by atoms with Gasteiger partial charge in [-0.15, -0.1) is 0 Å². The van der Waals surface area contributed by atoms with E-state index in [1.165, 1.54) is 0 Å². The van der Waals surface area contributed by atoms with E-state index in [0.717, 1.165) is 16.8 Å². The molecule has 20 heavy (non-hydrogen) atoms. The van der Waals surface area contributed by atoms with Crippen molar-refractivity contribution in [2.24, 2.45) is 0 Å².